The molecule has 2 aromatic rings. The molecule has 0 unspecified atom stereocenters. The van der Waals surface area contributed by atoms with Gasteiger partial charge in [0.15, 0.2) is 0 Å². The van der Waals surface area contributed by atoms with Gasteiger partial charge in [0, 0.05) is 22.9 Å². The number of nitrogens with one attached hydrogen (secondary N) is 2. The number of anilines is 2. The van der Waals surface area contributed by atoms with Crippen molar-refractivity contribution in [2.45, 2.75) is 19.4 Å². The fourth-order valence-electron chi connectivity index (χ4n) is 2.75. The number of rotatable bonds is 3. The molecule has 0 bridgehead atoms. The molecule has 0 saturated carbocycles. The van der Waals surface area contributed by atoms with Crippen LogP contribution in [0.5, 0.6) is 0 Å². The highest BCUT2D eigenvalue weighted by atomic mass is 35.5. The van der Waals surface area contributed by atoms with E-state index in [1.807, 2.05) is 0 Å². The second kappa shape index (κ2) is 7.11. The smallest absolute Gasteiger partial charge is 0.319 e. The third-order valence-corrected chi connectivity index (χ3v) is 4.57. The van der Waals surface area contributed by atoms with E-state index in [9.17, 15) is 14.0 Å². The quantitative estimate of drug-likeness (QED) is 0.875. The second-order valence-electron chi connectivity index (χ2n) is 5.82. The highest BCUT2D eigenvalue weighted by Crippen LogP contribution is 2.24. The van der Waals surface area contributed by atoms with Crippen molar-refractivity contribution in [1.29, 1.82) is 0 Å². The summed E-state index contributed by atoms with van der Waals surface area (Å²) in [6, 6.07) is 9.83. The van der Waals surface area contributed by atoms with Crippen LogP contribution in [0.15, 0.2) is 42.5 Å². The number of hydrogen-bond acceptors (Lipinski definition) is 2. The molecule has 3 amide bonds. The highest BCUT2D eigenvalue weighted by molar-refractivity contribution is 6.31. The van der Waals surface area contributed by atoms with Crippen molar-refractivity contribution in [2.24, 2.45) is 0 Å². The van der Waals surface area contributed by atoms with Crippen LogP contribution in [0, 0.1) is 12.7 Å². The maximum Gasteiger partial charge on any atom is 0.319 e. The predicted molar refractivity (Wildman–Crippen MR) is 95.5 cm³/mol. The van der Waals surface area contributed by atoms with Crippen LogP contribution in [-0.2, 0) is 4.79 Å². The summed E-state index contributed by atoms with van der Waals surface area (Å²) in [5, 5.41) is 5.94. The van der Waals surface area contributed by atoms with Crippen LogP contribution < -0.4 is 15.5 Å². The number of carbonyl (C=O) groups excluding carboxylic acids is 2. The summed E-state index contributed by atoms with van der Waals surface area (Å²) in [4.78, 5) is 26.2. The van der Waals surface area contributed by atoms with Crippen LogP contribution in [0.2, 0.25) is 5.02 Å². The van der Waals surface area contributed by atoms with Crippen LogP contribution >= 0.6 is 11.6 Å². The van der Waals surface area contributed by atoms with E-state index < -0.39 is 12.1 Å². The molecule has 1 aliphatic rings. The van der Waals surface area contributed by atoms with Crippen LogP contribution in [-0.4, -0.2) is 24.5 Å². The molecule has 0 aromatic heterocycles. The maximum absolute atomic E-state index is 13.0. The van der Waals surface area contributed by atoms with Crippen molar-refractivity contribution in [3.8, 4) is 0 Å². The van der Waals surface area contributed by atoms with Gasteiger partial charge < -0.3 is 15.5 Å². The molecule has 1 saturated heterocycles. The first-order valence-corrected chi connectivity index (χ1v) is 8.23. The van der Waals surface area contributed by atoms with Gasteiger partial charge in [0.1, 0.15) is 11.9 Å². The average Bonchev–Trinajstić information content (AvgIpc) is 2.93. The monoisotopic (exact) mass is 361 g/mol. The number of halogens is 2. The molecule has 1 atom stereocenters. The Labute approximate surface area is 149 Å². The molecule has 0 radical (unpaired) electrons. The molecule has 2 aromatic carbocycles. The van der Waals surface area contributed by atoms with Crippen LogP contribution in [0.1, 0.15) is 12.0 Å². The van der Waals surface area contributed by atoms with Gasteiger partial charge >= 0.3 is 6.03 Å². The van der Waals surface area contributed by atoms with Gasteiger partial charge in [-0.05, 0) is 55.3 Å². The lowest BCUT2D eigenvalue weighted by molar-refractivity contribution is -0.118. The van der Waals surface area contributed by atoms with E-state index in [1.165, 1.54) is 17.0 Å². The van der Waals surface area contributed by atoms with E-state index in [4.69, 9.17) is 11.6 Å². The largest absolute Gasteiger partial charge is 0.326 e. The molecule has 0 spiro atoms. The Balaban J connectivity index is 1.63. The molecule has 7 heteroatoms. The standard InChI is InChI=1S/C18H17ClFN3O2/c1-11-14(19)3-2-4-15(11)21-18(25)22-16-9-10-23(17(16)24)13-7-5-12(20)6-8-13/h2-8,16H,9-10H2,1H3,(H2,21,22,25)/t16-/m1/s1. The molecule has 0 aliphatic carbocycles. The van der Waals surface area contributed by atoms with E-state index in [1.54, 1.807) is 37.3 Å². The lowest BCUT2D eigenvalue weighted by atomic mass is 10.2. The number of nitrogens with zero attached hydrogens (tertiary/aromatic N) is 1. The Morgan fingerprint density at radius 3 is 2.68 bits per heavy atom. The molecule has 1 heterocycles. The highest BCUT2D eigenvalue weighted by Gasteiger charge is 2.33. The van der Waals surface area contributed by atoms with Crippen molar-refractivity contribution in [1.82, 2.24) is 5.32 Å². The summed E-state index contributed by atoms with van der Waals surface area (Å²) in [7, 11) is 0. The summed E-state index contributed by atoms with van der Waals surface area (Å²) < 4.78 is 13.0. The van der Waals surface area contributed by atoms with Gasteiger partial charge in [-0.25, -0.2) is 9.18 Å². The molecular formula is C18H17ClFN3O2. The topological polar surface area (TPSA) is 61.4 Å². The molecule has 3 rings (SSSR count). The Morgan fingerprint density at radius 1 is 1.24 bits per heavy atom. The summed E-state index contributed by atoms with van der Waals surface area (Å²) in [5.74, 6) is -0.578. The van der Waals surface area contributed by atoms with Gasteiger partial charge in [-0.3, -0.25) is 4.79 Å². The lowest BCUT2D eigenvalue weighted by Crippen LogP contribution is -2.43. The third kappa shape index (κ3) is 3.74. The molecule has 25 heavy (non-hydrogen) atoms. The number of benzene rings is 2. The van der Waals surface area contributed by atoms with Crippen molar-refractivity contribution >= 4 is 34.9 Å². The lowest BCUT2D eigenvalue weighted by Gasteiger charge is -2.17. The molecule has 5 nitrogen and oxygen atoms in total. The first-order valence-electron chi connectivity index (χ1n) is 7.85. The Hall–Kier alpha value is -2.60. The van der Waals surface area contributed by atoms with Crippen LogP contribution in [0.4, 0.5) is 20.6 Å². The maximum atomic E-state index is 13.0. The molecule has 2 N–H and O–H groups in total. The SMILES string of the molecule is Cc1c(Cl)cccc1NC(=O)N[C@@H]1CCN(c2ccc(F)cc2)C1=O. The Kier molecular flexibility index (Phi) is 4.90. The summed E-state index contributed by atoms with van der Waals surface area (Å²) in [6.45, 7) is 2.26. The second-order valence-corrected chi connectivity index (χ2v) is 6.23. The minimum Gasteiger partial charge on any atom is -0.326 e. The normalized spacial score (nSPS) is 16.8. The summed E-state index contributed by atoms with van der Waals surface area (Å²) in [5.41, 5.74) is 1.96. The zero-order valence-corrected chi connectivity index (χ0v) is 14.3. The fraction of sp³-hybridized carbons (Fsp3) is 0.222. The number of urea groups is 1. The minimum absolute atomic E-state index is 0.218. The fourth-order valence-corrected chi connectivity index (χ4v) is 2.93. The first kappa shape index (κ1) is 17.2. The summed E-state index contributed by atoms with van der Waals surface area (Å²) in [6.07, 6.45) is 0.484. The van der Waals surface area contributed by atoms with E-state index in [2.05, 4.69) is 10.6 Å². The van der Waals surface area contributed by atoms with Crippen molar-refractivity contribution in [3.63, 3.8) is 0 Å². The first-order chi connectivity index (χ1) is 12.0. The van der Waals surface area contributed by atoms with Gasteiger partial charge in [-0.1, -0.05) is 17.7 Å². The van der Waals surface area contributed by atoms with Gasteiger partial charge in [0.05, 0.1) is 0 Å². The van der Waals surface area contributed by atoms with Crippen molar-refractivity contribution in [2.75, 3.05) is 16.8 Å². The minimum atomic E-state index is -0.621. The van der Waals surface area contributed by atoms with E-state index in [0.29, 0.717) is 29.4 Å². The van der Waals surface area contributed by atoms with E-state index in [0.717, 1.165) is 5.56 Å². The van der Waals surface area contributed by atoms with Crippen LogP contribution in [0.25, 0.3) is 0 Å². The van der Waals surface area contributed by atoms with Crippen molar-refractivity contribution in [3.05, 3.63) is 58.9 Å². The van der Waals surface area contributed by atoms with Gasteiger partial charge in [0.25, 0.3) is 0 Å². The van der Waals surface area contributed by atoms with Crippen molar-refractivity contribution < 1.29 is 14.0 Å². The third-order valence-electron chi connectivity index (χ3n) is 4.17. The molecule has 1 fully saturated rings. The summed E-state index contributed by atoms with van der Waals surface area (Å²) >= 11 is 6.03. The predicted octanol–water partition coefficient (Wildman–Crippen LogP) is 3.71. The van der Waals surface area contributed by atoms with Gasteiger partial charge in [-0.2, -0.15) is 0 Å². The molecule has 1 aliphatic heterocycles. The number of hydrogen-bond donors (Lipinski definition) is 2. The zero-order chi connectivity index (χ0) is 18.0. The number of carbonyl (C=O) groups is 2. The molecule has 130 valence electrons. The van der Waals surface area contributed by atoms with Gasteiger partial charge in [-0.15, -0.1) is 0 Å². The zero-order valence-electron chi connectivity index (χ0n) is 13.6. The van der Waals surface area contributed by atoms with Gasteiger partial charge in [0.2, 0.25) is 5.91 Å². The Bertz CT molecular complexity index is 810. The van der Waals surface area contributed by atoms with E-state index in [-0.39, 0.29) is 11.7 Å². The Morgan fingerprint density at radius 2 is 1.96 bits per heavy atom. The van der Waals surface area contributed by atoms with Crippen LogP contribution in [0.3, 0.4) is 0 Å². The average molecular weight is 362 g/mol. The molecular weight excluding hydrogens is 345 g/mol. The number of amides is 3. The van der Waals surface area contributed by atoms with E-state index >= 15 is 0 Å².